The van der Waals surface area contributed by atoms with Crippen molar-refractivity contribution in [1.82, 2.24) is 4.98 Å². The van der Waals surface area contributed by atoms with Gasteiger partial charge in [-0.2, -0.15) is 0 Å². The second kappa shape index (κ2) is 3.53. The first-order valence-electron chi connectivity index (χ1n) is 5.09. The molecular weight excluding hydrogens is 190 g/mol. The molecule has 0 atom stereocenters. The average Bonchev–Trinajstić information content (AvgIpc) is 2.95. The zero-order valence-corrected chi connectivity index (χ0v) is 8.79. The van der Waals surface area contributed by atoms with Gasteiger partial charge in [0.25, 0.3) is 0 Å². The number of hydrogen-bond acceptors (Lipinski definition) is 3. The number of nitrogens with two attached hydrogens (primary N) is 1. The van der Waals surface area contributed by atoms with E-state index in [1.165, 1.54) is 19.0 Å². The molecule has 0 aromatic carbocycles. The molecule has 0 saturated heterocycles. The summed E-state index contributed by atoms with van der Waals surface area (Å²) in [5.41, 5.74) is 6.01. The van der Waals surface area contributed by atoms with E-state index in [0.717, 1.165) is 12.4 Å². The van der Waals surface area contributed by atoms with Crippen LogP contribution in [0.3, 0.4) is 0 Å². The monoisotopic (exact) mass is 205 g/mol. The molecule has 80 valence electrons. The third kappa shape index (κ3) is 2.46. The molecule has 0 radical (unpaired) electrons. The SMILES string of the molecule is CC1(CNc2ccc(C(N)=O)cn2)CC1. The number of rotatable bonds is 4. The fourth-order valence-corrected chi connectivity index (χ4v) is 1.34. The second-order valence-electron chi connectivity index (χ2n) is 4.46. The lowest BCUT2D eigenvalue weighted by molar-refractivity contribution is 0.1000. The molecule has 1 fully saturated rings. The summed E-state index contributed by atoms with van der Waals surface area (Å²) in [6, 6.07) is 3.47. The van der Waals surface area contributed by atoms with Crippen molar-refractivity contribution in [3.8, 4) is 0 Å². The smallest absolute Gasteiger partial charge is 0.250 e. The highest BCUT2D eigenvalue weighted by atomic mass is 16.1. The molecule has 1 aromatic heterocycles. The Kier molecular flexibility index (Phi) is 2.34. The van der Waals surface area contributed by atoms with E-state index in [-0.39, 0.29) is 0 Å². The molecular formula is C11H15N3O. The topological polar surface area (TPSA) is 68.0 Å². The van der Waals surface area contributed by atoms with E-state index in [1.807, 2.05) is 0 Å². The van der Waals surface area contributed by atoms with Gasteiger partial charge in [-0.25, -0.2) is 4.98 Å². The van der Waals surface area contributed by atoms with Crippen molar-refractivity contribution in [1.29, 1.82) is 0 Å². The van der Waals surface area contributed by atoms with Crippen LogP contribution in [0.5, 0.6) is 0 Å². The van der Waals surface area contributed by atoms with Gasteiger partial charge in [-0.05, 0) is 30.4 Å². The van der Waals surface area contributed by atoms with Crippen LogP contribution >= 0.6 is 0 Å². The lowest BCUT2D eigenvalue weighted by Crippen LogP contribution is -2.14. The Bertz CT molecular complexity index is 368. The molecule has 0 aliphatic heterocycles. The minimum atomic E-state index is -0.441. The molecule has 1 aliphatic rings. The lowest BCUT2D eigenvalue weighted by atomic mass is 10.1. The molecule has 0 unspecified atom stereocenters. The first kappa shape index (κ1) is 9.96. The molecule has 1 amide bonds. The molecule has 1 aliphatic carbocycles. The van der Waals surface area contributed by atoms with E-state index in [2.05, 4.69) is 17.2 Å². The predicted molar refractivity (Wildman–Crippen MR) is 58.6 cm³/mol. The Morgan fingerprint density at radius 2 is 2.33 bits per heavy atom. The van der Waals surface area contributed by atoms with Crippen LogP contribution in [0.15, 0.2) is 18.3 Å². The van der Waals surface area contributed by atoms with Crippen LogP contribution in [0.4, 0.5) is 5.82 Å². The van der Waals surface area contributed by atoms with Gasteiger partial charge in [0, 0.05) is 12.7 Å². The van der Waals surface area contributed by atoms with Crippen molar-refractivity contribution in [2.45, 2.75) is 19.8 Å². The van der Waals surface area contributed by atoms with Gasteiger partial charge >= 0.3 is 0 Å². The highest BCUT2D eigenvalue weighted by molar-refractivity contribution is 5.92. The molecule has 1 heterocycles. The number of anilines is 1. The standard InChI is InChI=1S/C11H15N3O/c1-11(4-5-11)7-14-9-3-2-8(6-13-9)10(12)15/h2-3,6H,4-5,7H2,1H3,(H2,12,15)(H,13,14). The molecule has 3 N–H and O–H groups in total. The number of hydrogen-bond donors (Lipinski definition) is 2. The Balaban J connectivity index is 1.95. The first-order chi connectivity index (χ1) is 7.09. The average molecular weight is 205 g/mol. The van der Waals surface area contributed by atoms with Crippen molar-refractivity contribution < 1.29 is 4.79 Å². The van der Waals surface area contributed by atoms with E-state index in [1.54, 1.807) is 12.1 Å². The van der Waals surface area contributed by atoms with Gasteiger partial charge in [-0.1, -0.05) is 6.92 Å². The number of carbonyl (C=O) groups is 1. The number of primary amides is 1. The maximum absolute atomic E-state index is 10.8. The van der Waals surface area contributed by atoms with E-state index in [4.69, 9.17) is 5.73 Å². The van der Waals surface area contributed by atoms with E-state index >= 15 is 0 Å². The number of aromatic nitrogens is 1. The number of pyridine rings is 1. The number of nitrogens with one attached hydrogen (secondary N) is 1. The van der Waals surface area contributed by atoms with Gasteiger partial charge < -0.3 is 11.1 Å². The summed E-state index contributed by atoms with van der Waals surface area (Å²) in [5, 5.41) is 3.25. The summed E-state index contributed by atoms with van der Waals surface area (Å²) in [7, 11) is 0. The van der Waals surface area contributed by atoms with Gasteiger partial charge in [-0.15, -0.1) is 0 Å². The molecule has 0 bridgehead atoms. The van der Waals surface area contributed by atoms with Gasteiger partial charge in [0.2, 0.25) is 5.91 Å². The molecule has 1 aromatic rings. The summed E-state index contributed by atoms with van der Waals surface area (Å²) in [6.45, 7) is 3.19. The Labute approximate surface area is 88.9 Å². The molecule has 2 rings (SSSR count). The normalized spacial score (nSPS) is 17.1. The Morgan fingerprint density at radius 3 is 2.80 bits per heavy atom. The zero-order valence-electron chi connectivity index (χ0n) is 8.79. The van der Waals surface area contributed by atoms with Gasteiger partial charge in [-0.3, -0.25) is 4.79 Å². The van der Waals surface area contributed by atoms with E-state index < -0.39 is 5.91 Å². The van der Waals surface area contributed by atoms with Gasteiger partial charge in [0.05, 0.1) is 5.56 Å². The van der Waals surface area contributed by atoms with Crippen molar-refractivity contribution in [2.24, 2.45) is 11.1 Å². The summed E-state index contributed by atoms with van der Waals surface area (Å²) in [4.78, 5) is 14.9. The Hall–Kier alpha value is -1.58. The van der Waals surface area contributed by atoms with Crippen molar-refractivity contribution in [3.05, 3.63) is 23.9 Å². The highest BCUT2D eigenvalue weighted by Crippen LogP contribution is 2.44. The maximum atomic E-state index is 10.8. The molecule has 1 saturated carbocycles. The van der Waals surface area contributed by atoms with Crippen LogP contribution in [0, 0.1) is 5.41 Å². The third-order valence-corrected chi connectivity index (χ3v) is 2.85. The summed E-state index contributed by atoms with van der Waals surface area (Å²) >= 11 is 0. The fraction of sp³-hybridized carbons (Fsp3) is 0.455. The van der Waals surface area contributed by atoms with Crippen LogP contribution in [0.1, 0.15) is 30.1 Å². The van der Waals surface area contributed by atoms with Crippen molar-refractivity contribution in [2.75, 3.05) is 11.9 Å². The molecule has 0 spiro atoms. The predicted octanol–water partition coefficient (Wildman–Crippen LogP) is 1.39. The largest absolute Gasteiger partial charge is 0.370 e. The van der Waals surface area contributed by atoms with Crippen molar-refractivity contribution in [3.63, 3.8) is 0 Å². The molecule has 15 heavy (non-hydrogen) atoms. The van der Waals surface area contributed by atoms with Crippen molar-refractivity contribution >= 4 is 11.7 Å². The number of carbonyl (C=O) groups excluding carboxylic acids is 1. The quantitative estimate of drug-likeness (QED) is 0.780. The summed E-state index contributed by atoms with van der Waals surface area (Å²) < 4.78 is 0. The van der Waals surface area contributed by atoms with Gasteiger partial charge in [0.15, 0.2) is 0 Å². The second-order valence-corrected chi connectivity index (χ2v) is 4.46. The number of amides is 1. The maximum Gasteiger partial charge on any atom is 0.250 e. The van der Waals surface area contributed by atoms with Crippen LogP contribution in [0.25, 0.3) is 0 Å². The summed E-state index contributed by atoms with van der Waals surface area (Å²) in [6.07, 6.45) is 4.05. The zero-order chi connectivity index (χ0) is 10.9. The third-order valence-electron chi connectivity index (χ3n) is 2.85. The van der Waals surface area contributed by atoms with Crippen LogP contribution in [-0.2, 0) is 0 Å². The minimum Gasteiger partial charge on any atom is -0.370 e. The molecule has 4 nitrogen and oxygen atoms in total. The summed E-state index contributed by atoms with van der Waals surface area (Å²) in [5.74, 6) is 0.358. The minimum absolute atomic E-state index is 0.441. The van der Waals surface area contributed by atoms with E-state index in [0.29, 0.717) is 11.0 Å². The number of nitrogens with zero attached hydrogens (tertiary/aromatic N) is 1. The molecule has 4 heteroatoms. The van der Waals surface area contributed by atoms with Gasteiger partial charge in [0.1, 0.15) is 5.82 Å². The first-order valence-corrected chi connectivity index (χ1v) is 5.09. The van der Waals surface area contributed by atoms with Crippen LogP contribution < -0.4 is 11.1 Å². The van der Waals surface area contributed by atoms with E-state index in [9.17, 15) is 4.79 Å². The Morgan fingerprint density at radius 1 is 1.60 bits per heavy atom. The lowest BCUT2D eigenvalue weighted by Gasteiger charge is -2.10. The fourth-order valence-electron chi connectivity index (χ4n) is 1.34. The van der Waals surface area contributed by atoms with Crippen LogP contribution in [0.2, 0.25) is 0 Å². The van der Waals surface area contributed by atoms with Crippen LogP contribution in [-0.4, -0.2) is 17.4 Å². The highest BCUT2D eigenvalue weighted by Gasteiger charge is 2.36.